The topological polar surface area (TPSA) is 95.4 Å². The Morgan fingerprint density at radius 3 is 2.70 bits per heavy atom. The number of nitrogens with zero attached hydrogens (tertiary/aromatic N) is 6. The van der Waals surface area contributed by atoms with Gasteiger partial charge in [0.2, 0.25) is 5.16 Å². The van der Waals surface area contributed by atoms with Crippen molar-refractivity contribution in [3.05, 3.63) is 41.0 Å². The molecule has 0 aliphatic heterocycles. The van der Waals surface area contributed by atoms with Gasteiger partial charge in [0.1, 0.15) is 10.4 Å². The fraction of sp³-hybridized carbons (Fsp3) is 0. The van der Waals surface area contributed by atoms with Crippen LogP contribution in [0.15, 0.2) is 51.3 Å². The molecule has 0 fully saturated rings. The lowest BCUT2D eigenvalue weighted by Crippen LogP contribution is -2.00. The van der Waals surface area contributed by atoms with Gasteiger partial charge in [0, 0.05) is 6.07 Å². The standard InChI is InChI=1S/C11H8BrN7S/c12-8-6-9(13)15-10(14-8)20-11-16-17-18-19(11)7-4-2-1-3-5-7/h1-6H,(H2,13,14,15). The Morgan fingerprint density at radius 1 is 1.15 bits per heavy atom. The Bertz CT molecular complexity index is 710. The molecule has 9 heteroatoms. The van der Waals surface area contributed by atoms with Gasteiger partial charge in [0.15, 0.2) is 5.16 Å². The van der Waals surface area contributed by atoms with Crippen LogP contribution < -0.4 is 5.73 Å². The zero-order valence-electron chi connectivity index (χ0n) is 10.0. The van der Waals surface area contributed by atoms with Crippen LogP contribution in [0, 0.1) is 0 Å². The third kappa shape index (κ3) is 2.78. The van der Waals surface area contributed by atoms with E-state index in [1.807, 2.05) is 30.3 Å². The van der Waals surface area contributed by atoms with Crippen LogP contribution in [-0.4, -0.2) is 30.2 Å². The molecule has 7 nitrogen and oxygen atoms in total. The van der Waals surface area contributed by atoms with Crippen LogP contribution in [0.4, 0.5) is 5.82 Å². The second-order valence-corrected chi connectivity index (χ2v) is 5.46. The van der Waals surface area contributed by atoms with E-state index < -0.39 is 0 Å². The highest BCUT2D eigenvalue weighted by molar-refractivity contribution is 9.10. The van der Waals surface area contributed by atoms with Crippen molar-refractivity contribution in [3.8, 4) is 5.69 Å². The van der Waals surface area contributed by atoms with E-state index in [-0.39, 0.29) is 0 Å². The van der Waals surface area contributed by atoms with E-state index in [0.717, 1.165) is 5.69 Å². The Balaban J connectivity index is 1.94. The Kier molecular flexibility index (Phi) is 3.61. The number of anilines is 1. The highest BCUT2D eigenvalue weighted by Crippen LogP contribution is 2.25. The largest absolute Gasteiger partial charge is 0.384 e. The van der Waals surface area contributed by atoms with Crippen molar-refractivity contribution in [1.82, 2.24) is 30.2 Å². The van der Waals surface area contributed by atoms with Gasteiger partial charge in [0.05, 0.1) is 5.69 Å². The fourth-order valence-electron chi connectivity index (χ4n) is 1.51. The lowest BCUT2D eigenvalue weighted by atomic mass is 10.3. The average molecular weight is 350 g/mol. The van der Waals surface area contributed by atoms with Gasteiger partial charge in [-0.3, -0.25) is 0 Å². The first-order valence-electron chi connectivity index (χ1n) is 5.54. The lowest BCUT2D eigenvalue weighted by molar-refractivity contribution is 0.754. The molecule has 100 valence electrons. The van der Waals surface area contributed by atoms with Gasteiger partial charge < -0.3 is 5.73 Å². The highest BCUT2D eigenvalue weighted by Gasteiger charge is 2.12. The van der Waals surface area contributed by atoms with Crippen LogP contribution in [0.25, 0.3) is 5.69 Å². The van der Waals surface area contributed by atoms with Crippen LogP contribution in [0.5, 0.6) is 0 Å². The third-order valence-electron chi connectivity index (χ3n) is 2.32. The van der Waals surface area contributed by atoms with E-state index in [2.05, 4.69) is 41.4 Å². The summed E-state index contributed by atoms with van der Waals surface area (Å²) < 4.78 is 2.23. The summed E-state index contributed by atoms with van der Waals surface area (Å²) in [5.74, 6) is 0.383. The molecule has 0 bridgehead atoms. The molecule has 3 rings (SSSR count). The first kappa shape index (κ1) is 13.0. The maximum Gasteiger partial charge on any atom is 0.221 e. The van der Waals surface area contributed by atoms with Crippen molar-refractivity contribution in [2.75, 3.05) is 5.73 Å². The summed E-state index contributed by atoms with van der Waals surface area (Å²) in [5, 5.41) is 12.7. The molecule has 20 heavy (non-hydrogen) atoms. The van der Waals surface area contributed by atoms with E-state index in [1.165, 1.54) is 11.8 Å². The summed E-state index contributed by atoms with van der Waals surface area (Å²) in [6.07, 6.45) is 0. The first-order valence-corrected chi connectivity index (χ1v) is 7.15. The summed E-state index contributed by atoms with van der Waals surface area (Å²) >= 11 is 4.52. The SMILES string of the molecule is Nc1cc(Br)nc(Sc2nnnn2-c2ccccc2)n1. The van der Waals surface area contributed by atoms with Gasteiger partial charge in [-0.2, -0.15) is 4.68 Å². The van der Waals surface area contributed by atoms with Crippen LogP contribution >= 0.6 is 27.7 Å². The first-order chi connectivity index (χ1) is 9.72. The number of halogens is 1. The Labute approximate surface area is 126 Å². The summed E-state index contributed by atoms with van der Waals surface area (Å²) in [4.78, 5) is 8.36. The number of nitrogen functional groups attached to an aromatic ring is 1. The molecule has 3 aromatic rings. The number of para-hydroxylation sites is 1. The second kappa shape index (κ2) is 5.55. The normalized spacial score (nSPS) is 10.7. The van der Waals surface area contributed by atoms with E-state index in [4.69, 9.17) is 5.73 Å². The van der Waals surface area contributed by atoms with Crippen molar-refractivity contribution in [2.24, 2.45) is 0 Å². The minimum Gasteiger partial charge on any atom is -0.384 e. The summed E-state index contributed by atoms with van der Waals surface area (Å²) in [6, 6.07) is 11.2. The van der Waals surface area contributed by atoms with Gasteiger partial charge in [-0.1, -0.05) is 18.2 Å². The molecule has 0 atom stereocenters. The number of aromatic nitrogens is 6. The maximum absolute atomic E-state index is 5.68. The molecule has 0 saturated carbocycles. The summed E-state index contributed by atoms with van der Waals surface area (Å²) in [5.41, 5.74) is 6.55. The van der Waals surface area contributed by atoms with Crippen molar-refractivity contribution in [2.45, 2.75) is 10.3 Å². The van der Waals surface area contributed by atoms with Crippen LogP contribution in [0.3, 0.4) is 0 Å². The van der Waals surface area contributed by atoms with Crippen LogP contribution in [0.1, 0.15) is 0 Å². The van der Waals surface area contributed by atoms with Crippen molar-refractivity contribution in [1.29, 1.82) is 0 Å². The van der Waals surface area contributed by atoms with Gasteiger partial charge in [-0.15, -0.1) is 5.10 Å². The molecule has 2 heterocycles. The van der Waals surface area contributed by atoms with Gasteiger partial charge in [0.25, 0.3) is 0 Å². The molecule has 2 N–H and O–H groups in total. The zero-order chi connectivity index (χ0) is 13.9. The molecule has 0 unspecified atom stereocenters. The number of nitrogens with two attached hydrogens (primary N) is 1. The number of benzene rings is 1. The maximum atomic E-state index is 5.68. The predicted molar refractivity (Wildman–Crippen MR) is 77.4 cm³/mol. The number of tetrazole rings is 1. The van der Waals surface area contributed by atoms with Gasteiger partial charge in [-0.05, 0) is 50.3 Å². The monoisotopic (exact) mass is 349 g/mol. The Morgan fingerprint density at radius 2 is 1.95 bits per heavy atom. The molecule has 0 spiro atoms. The lowest BCUT2D eigenvalue weighted by Gasteiger charge is -2.03. The molecular weight excluding hydrogens is 342 g/mol. The minimum atomic E-state index is 0.383. The van der Waals surface area contributed by atoms with E-state index in [1.54, 1.807) is 10.7 Å². The van der Waals surface area contributed by atoms with Crippen LogP contribution in [0.2, 0.25) is 0 Å². The van der Waals surface area contributed by atoms with Gasteiger partial charge >= 0.3 is 0 Å². The zero-order valence-corrected chi connectivity index (χ0v) is 12.4. The molecule has 1 aromatic carbocycles. The molecule has 0 aliphatic carbocycles. The van der Waals surface area contributed by atoms with E-state index >= 15 is 0 Å². The van der Waals surface area contributed by atoms with E-state index in [0.29, 0.717) is 20.7 Å². The Hall–Kier alpha value is -2.00. The quantitative estimate of drug-likeness (QED) is 0.570. The number of rotatable bonds is 3. The number of hydrogen-bond acceptors (Lipinski definition) is 7. The molecule has 2 aromatic heterocycles. The van der Waals surface area contributed by atoms with Crippen molar-refractivity contribution >= 4 is 33.5 Å². The average Bonchev–Trinajstić information content (AvgIpc) is 2.86. The molecule has 0 radical (unpaired) electrons. The number of hydrogen-bond donors (Lipinski definition) is 1. The summed E-state index contributed by atoms with van der Waals surface area (Å²) in [7, 11) is 0. The van der Waals surface area contributed by atoms with Crippen LogP contribution in [-0.2, 0) is 0 Å². The molecule has 0 aliphatic rings. The molecular formula is C11H8BrN7S. The predicted octanol–water partition coefficient (Wildman–Crippen LogP) is 1.95. The molecule has 0 amide bonds. The molecule has 0 saturated heterocycles. The minimum absolute atomic E-state index is 0.383. The van der Waals surface area contributed by atoms with Gasteiger partial charge in [-0.25, -0.2) is 9.97 Å². The van der Waals surface area contributed by atoms with Crippen molar-refractivity contribution in [3.63, 3.8) is 0 Å². The fourth-order valence-corrected chi connectivity index (χ4v) is 2.80. The van der Waals surface area contributed by atoms with Crippen molar-refractivity contribution < 1.29 is 0 Å². The smallest absolute Gasteiger partial charge is 0.221 e. The summed E-state index contributed by atoms with van der Waals surface area (Å²) in [6.45, 7) is 0. The highest BCUT2D eigenvalue weighted by atomic mass is 79.9. The van der Waals surface area contributed by atoms with E-state index in [9.17, 15) is 0 Å². The third-order valence-corrected chi connectivity index (χ3v) is 3.53. The second-order valence-electron chi connectivity index (χ2n) is 3.71.